The van der Waals surface area contributed by atoms with Crippen LogP contribution in [0.5, 0.6) is 5.75 Å². The first-order chi connectivity index (χ1) is 13.2. The molecule has 0 aromatic heterocycles. The van der Waals surface area contributed by atoms with Crippen LogP contribution in [0.1, 0.15) is 38.2 Å². The van der Waals surface area contributed by atoms with Crippen LogP contribution in [0.4, 0.5) is 15.8 Å². The zero-order chi connectivity index (χ0) is 19.1. The van der Waals surface area contributed by atoms with Gasteiger partial charge in [-0.2, -0.15) is 0 Å². The van der Waals surface area contributed by atoms with Crippen LogP contribution in [0.15, 0.2) is 42.5 Å². The van der Waals surface area contributed by atoms with Gasteiger partial charge in [0.05, 0.1) is 18.0 Å². The van der Waals surface area contributed by atoms with E-state index in [0.29, 0.717) is 25.1 Å². The summed E-state index contributed by atoms with van der Waals surface area (Å²) in [7, 11) is 0. The predicted octanol–water partition coefficient (Wildman–Crippen LogP) is 4.79. The number of aryl methyl sites for hydroxylation is 1. The van der Waals surface area contributed by atoms with Gasteiger partial charge in [-0.25, -0.2) is 4.39 Å². The Hall–Kier alpha value is -2.56. The van der Waals surface area contributed by atoms with Gasteiger partial charge >= 0.3 is 0 Å². The van der Waals surface area contributed by atoms with Gasteiger partial charge in [0.1, 0.15) is 11.6 Å². The van der Waals surface area contributed by atoms with Crippen molar-refractivity contribution >= 4 is 17.3 Å². The molecule has 1 N–H and O–H groups in total. The fraction of sp³-hybridized carbons (Fsp3) is 0.409. The highest BCUT2D eigenvalue weighted by molar-refractivity contribution is 5.94. The van der Waals surface area contributed by atoms with Crippen molar-refractivity contribution in [1.29, 1.82) is 0 Å². The normalized spacial score (nSPS) is 14.1. The molecule has 27 heavy (non-hydrogen) atoms. The number of ether oxygens (including phenoxy) is 1. The maximum absolute atomic E-state index is 13.7. The van der Waals surface area contributed by atoms with Crippen LogP contribution < -0.4 is 15.0 Å². The second kappa shape index (κ2) is 9.40. The van der Waals surface area contributed by atoms with Crippen LogP contribution in [-0.2, 0) is 11.2 Å². The van der Waals surface area contributed by atoms with Crippen molar-refractivity contribution in [3.63, 3.8) is 0 Å². The monoisotopic (exact) mass is 370 g/mol. The van der Waals surface area contributed by atoms with Crippen LogP contribution in [0.25, 0.3) is 0 Å². The van der Waals surface area contributed by atoms with E-state index in [0.717, 1.165) is 42.9 Å². The molecule has 3 rings (SSSR count). The van der Waals surface area contributed by atoms with Crippen LogP contribution >= 0.6 is 0 Å². The Morgan fingerprint density at radius 1 is 1.11 bits per heavy atom. The lowest BCUT2D eigenvalue weighted by Crippen LogP contribution is -2.30. The second-order valence-corrected chi connectivity index (χ2v) is 6.83. The van der Waals surface area contributed by atoms with Crippen molar-refractivity contribution in [2.75, 3.05) is 29.9 Å². The summed E-state index contributed by atoms with van der Waals surface area (Å²) >= 11 is 0. The molecule has 1 aliphatic heterocycles. The Labute approximate surface area is 160 Å². The molecule has 0 atom stereocenters. The number of hydrogen-bond donors (Lipinski definition) is 1. The minimum Gasteiger partial charge on any atom is -0.494 e. The van der Waals surface area contributed by atoms with Crippen LogP contribution in [0.2, 0.25) is 0 Å². The number of nitrogens with one attached hydrogen (secondary N) is 1. The average Bonchev–Trinajstić information content (AvgIpc) is 2.68. The quantitative estimate of drug-likeness (QED) is 0.762. The van der Waals surface area contributed by atoms with Crippen molar-refractivity contribution in [2.45, 2.75) is 39.0 Å². The van der Waals surface area contributed by atoms with Gasteiger partial charge in [0, 0.05) is 19.5 Å². The highest BCUT2D eigenvalue weighted by Crippen LogP contribution is 2.29. The van der Waals surface area contributed by atoms with E-state index in [9.17, 15) is 9.18 Å². The fourth-order valence-corrected chi connectivity index (χ4v) is 3.41. The first-order valence-electron chi connectivity index (χ1n) is 9.72. The molecule has 0 saturated carbocycles. The van der Waals surface area contributed by atoms with Gasteiger partial charge in [0.2, 0.25) is 5.91 Å². The van der Waals surface area contributed by atoms with E-state index in [2.05, 4.69) is 10.2 Å². The molecule has 5 heteroatoms. The van der Waals surface area contributed by atoms with Gasteiger partial charge in [0.25, 0.3) is 0 Å². The van der Waals surface area contributed by atoms with Gasteiger partial charge in [-0.05, 0) is 68.5 Å². The van der Waals surface area contributed by atoms with Gasteiger partial charge in [-0.1, -0.05) is 12.1 Å². The summed E-state index contributed by atoms with van der Waals surface area (Å²) < 4.78 is 19.2. The average molecular weight is 370 g/mol. The first-order valence-corrected chi connectivity index (χ1v) is 9.72. The van der Waals surface area contributed by atoms with Crippen molar-refractivity contribution in [2.24, 2.45) is 0 Å². The van der Waals surface area contributed by atoms with E-state index >= 15 is 0 Å². The zero-order valence-corrected chi connectivity index (χ0v) is 15.8. The Kier molecular flexibility index (Phi) is 6.69. The van der Waals surface area contributed by atoms with Crippen molar-refractivity contribution in [1.82, 2.24) is 0 Å². The molecule has 1 fully saturated rings. The molecule has 1 saturated heterocycles. The number of carbonyl (C=O) groups excluding carboxylic acids is 1. The molecule has 0 spiro atoms. The smallest absolute Gasteiger partial charge is 0.224 e. The Morgan fingerprint density at radius 3 is 2.56 bits per heavy atom. The van der Waals surface area contributed by atoms with E-state index in [1.54, 1.807) is 6.07 Å². The summed E-state index contributed by atoms with van der Waals surface area (Å²) in [5.41, 5.74) is 2.54. The number of amides is 1. The van der Waals surface area contributed by atoms with E-state index in [4.69, 9.17) is 4.74 Å². The lowest BCUT2D eigenvalue weighted by Gasteiger charge is -2.30. The Morgan fingerprint density at radius 2 is 1.85 bits per heavy atom. The SMILES string of the molecule is CCOc1ccc(CCC(=O)Nc2cc(F)ccc2N2CCCCC2)cc1. The van der Waals surface area contributed by atoms with Crippen LogP contribution in [0.3, 0.4) is 0 Å². The fourth-order valence-electron chi connectivity index (χ4n) is 3.41. The number of hydrogen-bond acceptors (Lipinski definition) is 3. The third-order valence-electron chi connectivity index (χ3n) is 4.80. The van der Waals surface area contributed by atoms with Crippen molar-refractivity contribution < 1.29 is 13.9 Å². The number of nitrogens with zero attached hydrogens (tertiary/aromatic N) is 1. The molecule has 1 heterocycles. The molecule has 0 aliphatic carbocycles. The largest absolute Gasteiger partial charge is 0.494 e. The number of halogens is 1. The number of piperidine rings is 1. The van der Waals surface area contributed by atoms with Crippen molar-refractivity contribution in [3.8, 4) is 5.75 Å². The molecular formula is C22H27FN2O2. The summed E-state index contributed by atoms with van der Waals surface area (Å²) in [4.78, 5) is 14.7. The van der Waals surface area contributed by atoms with Gasteiger partial charge in [-0.3, -0.25) is 4.79 Å². The molecule has 1 amide bonds. The molecule has 0 bridgehead atoms. The third-order valence-corrected chi connectivity index (χ3v) is 4.80. The lowest BCUT2D eigenvalue weighted by atomic mass is 10.1. The molecular weight excluding hydrogens is 343 g/mol. The van der Waals surface area contributed by atoms with E-state index in [-0.39, 0.29) is 11.7 Å². The van der Waals surface area contributed by atoms with E-state index < -0.39 is 0 Å². The minimum atomic E-state index is -0.336. The summed E-state index contributed by atoms with van der Waals surface area (Å²) in [6.07, 6.45) is 4.46. The van der Waals surface area contributed by atoms with E-state index in [1.165, 1.54) is 18.6 Å². The molecule has 1 aliphatic rings. The lowest BCUT2D eigenvalue weighted by molar-refractivity contribution is -0.116. The number of rotatable bonds is 7. The first kappa shape index (κ1) is 19.2. The maximum Gasteiger partial charge on any atom is 0.224 e. The highest BCUT2D eigenvalue weighted by Gasteiger charge is 2.16. The van der Waals surface area contributed by atoms with Crippen molar-refractivity contribution in [3.05, 3.63) is 53.8 Å². The number of carbonyl (C=O) groups is 1. The van der Waals surface area contributed by atoms with E-state index in [1.807, 2.05) is 31.2 Å². The maximum atomic E-state index is 13.7. The Bertz CT molecular complexity index is 755. The molecule has 0 radical (unpaired) electrons. The Balaban J connectivity index is 1.60. The number of anilines is 2. The second-order valence-electron chi connectivity index (χ2n) is 6.83. The zero-order valence-electron chi connectivity index (χ0n) is 15.8. The van der Waals surface area contributed by atoms with Gasteiger partial charge < -0.3 is 15.0 Å². The number of benzene rings is 2. The molecule has 144 valence electrons. The minimum absolute atomic E-state index is 0.104. The van der Waals surface area contributed by atoms with Crippen LogP contribution in [0, 0.1) is 5.82 Å². The van der Waals surface area contributed by atoms with Gasteiger partial charge in [0.15, 0.2) is 0 Å². The molecule has 4 nitrogen and oxygen atoms in total. The molecule has 0 unspecified atom stereocenters. The molecule has 2 aromatic carbocycles. The third kappa shape index (κ3) is 5.46. The predicted molar refractivity (Wildman–Crippen MR) is 107 cm³/mol. The standard InChI is InChI=1S/C22H27FN2O2/c1-2-27-19-10-6-17(7-11-19)8-13-22(26)24-20-16-18(23)9-12-21(20)25-14-4-3-5-15-25/h6-7,9-12,16H,2-5,8,13-15H2,1H3,(H,24,26). The highest BCUT2D eigenvalue weighted by atomic mass is 19.1. The summed E-state index contributed by atoms with van der Waals surface area (Å²) in [5, 5.41) is 2.91. The summed E-state index contributed by atoms with van der Waals surface area (Å²) in [6.45, 7) is 4.47. The van der Waals surface area contributed by atoms with Gasteiger partial charge in [-0.15, -0.1) is 0 Å². The summed E-state index contributed by atoms with van der Waals surface area (Å²) in [5.74, 6) is 0.391. The molecule has 2 aromatic rings. The summed E-state index contributed by atoms with van der Waals surface area (Å²) in [6, 6.07) is 12.4. The van der Waals surface area contributed by atoms with Crippen LogP contribution in [-0.4, -0.2) is 25.6 Å². The topological polar surface area (TPSA) is 41.6 Å².